The van der Waals surface area contributed by atoms with Crippen molar-refractivity contribution in [2.24, 2.45) is 0 Å². The summed E-state index contributed by atoms with van der Waals surface area (Å²) >= 11 is 0. The molecule has 1 fully saturated rings. The molecule has 0 spiro atoms. The second kappa shape index (κ2) is 7.42. The third kappa shape index (κ3) is 4.67. The Morgan fingerprint density at radius 1 is 1.09 bits per heavy atom. The van der Waals surface area contributed by atoms with Gasteiger partial charge in [-0.3, -0.25) is 9.69 Å². The van der Waals surface area contributed by atoms with Crippen LogP contribution in [0.15, 0.2) is 60.7 Å². The van der Waals surface area contributed by atoms with Gasteiger partial charge in [0.25, 0.3) is 0 Å². The first kappa shape index (κ1) is 15.8. The van der Waals surface area contributed by atoms with E-state index in [-0.39, 0.29) is 11.9 Å². The largest absolute Gasteiger partial charge is 0.348 e. The predicted molar refractivity (Wildman–Crippen MR) is 92.9 cm³/mol. The van der Waals surface area contributed by atoms with Crippen LogP contribution in [0.2, 0.25) is 0 Å². The highest BCUT2D eigenvalue weighted by atomic mass is 16.2. The van der Waals surface area contributed by atoms with E-state index < -0.39 is 0 Å². The maximum atomic E-state index is 12.4. The molecule has 1 atom stereocenters. The molecule has 2 aromatic rings. The maximum absolute atomic E-state index is 12.4. The fraction of sp³-hybridized carbons (Fsp3) is 0.350. The number of hydrogen-bond acceptors (Lipinski definition) is 2. The highest BCUT2D eigenvalue weighted by Gasteiger charge is 2.30. The number of nitrogens with zero attached hydrogens (tertiary/aromatic N) is 1. The van der Waals surface area contributed by atoms with Crippen molar-refractivity contribution in [2.45, 2.75) is 38.4 Å². The Kier molecular flexibility index (Phi) is 5.09. The zero-order valence-corrected chi connectivity index (χ0v) is 13.6. The summed E-state index contributed by atoms with van der Waals surface area (Å²) in [4.78, 5) is 14.7. The van der Waals surface area contributed by atoms with Gasteiger partial charge >= 0.3 is 0 Å². The Hall–Kier alpha value is -2.13. The average Bonchev–Trinajstić information content (AvgIpc) is 3.41. The van der Waals surface area contributed by atoms with Gasteiger partial charge in [0, 0.05) is 12.6 Å². The molecule has 1 unspecified atom stereocenters. The van der Waals surface area contributed by atoms with Crippen LogP contribution in [0.1, 0.15) is 36.9 Å². The smallest absolute Gasteiger partial charge is 0.234 e. The van der Waals surface area contributed by atoms with Gasteiger partial charge in [0.05, 0.1) is 12.6 Å². The Bertz CT molecular complexity index is 623. The van der Waals surface area contributed by atoms with Gasteiger partial charge in [0.2, 0.25) is 5.91 Å². The summed E-state index contributed by atoms with van der Waals surface area (Å²) in [5, 5.41) is 3.11. The zero-order valence-electron chi connectivity index (χ0n) is 13.6. The van der Waals surface area contributed by atoms with Crippen molar-refractivity contribution in [1.82, 2.24) is 10.2 Å². The van der Waals surface area contributed by atoms with Crippen LogP contribution in [-0.2, 0) is 11.3 Å². The second-order valence-electron chi connectivity index (χ2n) is 6.32. The molecule has 120 valence electrons. The lowest BCUT2D eigenvalue weighted by Gasteiger charge is -2.23. The van der Waals surface area contributed by atoms with Gasteiger partial charge in [-0.1, -0.05) is 60.7 Å². The van der Waals surface area contributed by atoms with E-state index in [1.807, 2.05) is 43.3 Å². The van der Waals surface area contributed by atoms with Crippen LogP contribution in [0.25, 0.3) is 0 Å². The topological polar surface area (TPSA) is 32.3 Å². The Morgan fingerprint density at radius 3 is 2.30 bits per heavy atom. The first-order chi connectivity index (χ1) is 11.2. The molecule has 0 saturated heterocycles. The molecule has 1 aliphatic carbocycles. The molecule has 1 N–H and O–H groups in total. The molecular formula is C20H24N2O. The summed E-state index contributed by atoms with van der Waals surface area (Å²) in [6.45, 7) is 3.35. The van der Waals surface area contributed by atoms with Gasteiger partial charge in [-0.05, 0) is 30.9 Å². The lowest BCUT2D eigenvalue weighted by molar-refractivity contribution is -0.123. The quantitative estimate of drug-likeness (QED) is 0.848. The summed E-state index contributed by atoms with van der Waals surface area (Å²) in [7, 11) is 0. The fourth-order valence-corrected chi connectivity index (χ4v) is 2.87. The van der Waals surface area contributed by atoms with Gasteiger partial charge in [-0.25, -0.2) is 0 Å². The van der Waals surface area contributed by atoms with Gasteiger partial charge in [0.15, 0.2) is 0 Å². The third-order valence-corrected chi connectivity index (χ3v) is 4.32. The minimum absolute atomic E-state index is 0.0430. The Morgan fingerprint density at radius 2 is 1.70 bits per heavy atom. The van der Waals surface area contributed by atoms with Gasteiger partial charge in [0.1, 0.15) is 0 Å². The minimum atomic E-state index is 0.0430. The number of carbonyl (C=O) groups is 1. The summed E-state index contributed by atoms with van der Waals surface area (Å²) in [6.07, 6.45) is 2.41. The van der Waals surface area contributed by atoms with E-state index in [0.29, 0.717) is 12.6 Å². The summed E-state index contributed by atoms with van der Waals surface area (Å²) in [5.41, 5.74) is 2.41. The molecule has 3 heteroatoms. The van der Waals surface area contributed by atoms with E-state index in [0.717, 1.165) is 12.1 Å². The number of nitrogens with one attached hydrogen (secondary N) is 1. The van der Waals surface area contributed by atoms with Crippen LogP contribution >= 0.6 is 0 Å². The zero-order chi connectivity index (χ0) is 16.1. The normalized spacial score (nSPS) is 15.4. The van der Waals surface area contributed by atoms with E-state index in [9.17, 15) is 4.79 Å². The molecule has 3 rings (SSSR count). The van der Waals surface area contributed by atoms with Crippen molar-refractivity contribution < 1.29 is 4.79 Å². The lowest BCUT2D eigenvalue weighted by Crippen LogP contribution is -2.39. The Balaban J connectivity index is 1.56. The molecule has 1 aliphatic rings. The number of carbonyl (C=O) groups excluding carboxylic acids is 1. The third-order valence-electron chi connectivity index (χ3n) is 4.32. The van der Waals surface area contributed by atoms with Gasteiger partial charge < -0.3 is 5.32 Å². The molecular weight excluding hydrogens is 284 g/mol. The first-order valence-electron chi connectivity index (χ1n) is 8.34. The molecule has 0 heterocycles. The summed E-state index contributed by atoms with van der Waals surface area (Å²) in [6, 6.07) is 21.1. The van der Waals surface area contributed by atoms with E-state index >= 15 is 0 Å². The highest BCUT2D eigenvalue weighted by Crippen LogP contribution is 2.28. The van der Waals surface area contributed by atoms with Gasteiger partial charge in [-0.15, -0.1) is 0 Å². The van der Waals surface area contributed by atoms with Crippen molar-refractivity contribution >= 4 is 5.91 Å². The summed E-state index contributed by atoms with van der Waals surface area (Å²) < 4.78 is 0. The molecule has 23 heavy (non-hydrogen) atoms. The van der Waals surface area contributed by atoms with Crippen LogP contribution in [0.5, 0.6) is 0 Å². The van der Waals surface area contributed by atoms with E-state index in [4.69, 9.17) is 0 Å². The van der Waals surface area contributed by atoms with E-state index in [2.05, 4.69) is 34.5 Å². The SMILES string of the molecule is CC(NC(=O)CN(Cc1ccccc1)C1CC1)c1ccccc1. The molecule has 1 saturated carbocycles. The van der Waals surface area contributed by atoms with Crippen molar-refractivity contribution in [3.05, 3.63) is 71.8 Å². The standard InChI is InChI=1S/C20H24N2O/c1-16(18-10-6-3-7-11-18)21-20(23)15-22(19-12-13-19)14-17-8-4-2-5-9-17/h2-11,16,19H,12-15H2,1H3,(H,21,23). The molecule has 0 radical (unpaired) electrons. The van der Waals surface area contributed by atoms with Crippen molar-refractivity contribution in [3.63, 3.8) is 0 Å². The monoisotopic (exact) mass is 308 g/mol. The average molecular weight is 308 g/mol. The molecule has 0 bridgehead atoms. The van der Waals surface area contributed by atoms with E-state index in [1.165, 1.54) is 18.4 Å². The minimum Gasteiger partial charge on any atom is -0.348 e. The molecule has 3 nitrogen and oxygen atoms in total. The van der Waals surface area contributed by atoms with Crippen LogP contribution in [-0.4, -0.2) is 23.4 Å². The Labute approximate surface area is 138 Å². The summed E-state index contributed by atoms with van der Waals surface area (Å²) in [5.74, 6) is 0.101. The highest BCUT2D eigenvalue weighted by molar-refractivity contribution is 5.78. The van der Waals surface area contributed by atoms with E-state index in [1.54, 1.807) is 0 Å². The van der Waals surface area contributed by atoms with Crippen molar-refractivity contribution in [3.8, 4) is 0 Å². The number of hydrogen-bond donors (Lipinski definition) is 1. The first-order valence-corrected chi connectivity index (χ1v) is 8.34. The maximum Gasteiger partial charge on any atom is 0.234 e. The lowest BCUT2D eigenvalue weighted by atomic mass is 10.1. The second-order valence-corrected chi connectivity index (χ2v) is 6.32. The molecule has 0 aromatic heterocycles. The van der Waals surface area contributed by atoms with Crippen LogP contribution < -0.4 is 5.32 Å². The van der Waals surface area contributed by atoms with Crippen LogP contribution in [0.4, 0.5) is 0 Å². The number of rotatable bonds is 7. The van der Waals surface area contributed by atoms with Crippen molar-refractivity contribution in [1.29, 1.82) is 0 Å². The predicted octanol–water partition coefficient (Wildman–Crippen LogP) is 3.53. The fourth-order valence-electron chi connectivity index (χ4n) is 2.87. The van der Waals surface area contributed by atoms with Crippen molar-refractivity contribution in [2.75, 3.05) is 6.54 Å². The molecule has 1 amide bonds. The van der Waals surface area contributed by atoms with Crippen LogP contribution in [0.3, 0.4) is 0 Å². The van der Waals surface area contributed by atoms with Crippen LogP contribution in [0, 0.1) is 0 Å². The molecule has 0 aliphatic heterocycles. The number of amides is 1. The molecule has 2 aromatic carbocycles. The van der Waals surface area contributed by atoms with Gasteiger partial charge in [-0.2, -0.15) is 0 Å². The number of benzene rings is 2.